The highest BCUT2D eigenvalue weighted by Crippen LogP contribution is 2.32. The molecular formula is C25H50. The lowest BCUT2D eigenvalue weighted by atomic mass is 9.80. The van der Waals surface area contributed by atoms with E-state index in [9.17, 15) is 0 Å². The zero-order chi connectivity index (χ0) is 19.1. The zero-order valence-electron chi connectivity index (χ0n) is 18.7. The Bertz CT molecular complexity index is 303. The highest BCUT2D eigenvalue weighted by atomic mass is 14.2. The third kappa shape index (κ3) is 12.7. The molecule has 0 heteroatoms. The summed E-state index contributed by atoms with van der Waals surface area (Å²) in [5, 5.41) is 0. The first-order valence-electron chi connectivity index (χ1n) is 11.7. The zero-order valence-corrected chi connectivity index (χ0v) is 18.7. The van der Waals surface area contributed by atoms with Crippen LogP contribution in [0, 0.1) is 23.7 Å². The number of hydrogen-bond acceptors (Lipinski definition) is 0. The van der Waals surface area contributed by atoms with Crippen LogP contribution in [0.2, 0.25) is 0 Å². The van der Waals surface area contributed by atoms with Crippen molar-refractivity contribution in [3.63, 3.8) is 0 Å². The summed E-state index contributed by atoms with van der Waals surface area (Å²) in [6.45, 7) is 18.7. The van der Waals surface area contributed by atoms with E-state index in [1.165, 1.54) is 83.5 Å². The summed E-state index contributed by atoms with van der Waals surface area (Å²) >= 11 is 0. The third-order valence-electron chi connectivity index (χ3n) is 6.01. The normalized spacial score (nSPS) is 16.4. The van der Waals surface area contributed by atoms with Crippen molar-refractivity contribution in [2.75, 3.05) is 0 Å². The van der Waals surface area contributed by atoms with Gasteiger partial charge in [-0.25, -0.2) is 0 Å². The number of allylic oxidation sites excluding steroid dienone is 1. The molecule has 4 atom stereocenters. The van der Waals surface area contributed by atoms with Crippen molar-refractivity contribution in [2.45, 2.75) is 125 Å². The van der Waals surface area contributed by atoms with Crippen LogP contribution in [0.25, 0.3) is 0 Å². The van der Waals surface area contributed by atoms with Gasteiger partial charge in [0.1, 0.15) is 0 Å². The van der Waals surface area contributed by atoms with Crippen molar-refractivity contribution < 1.29 is 0 Å². The van der Waals surface area contributed by atoms with E-state index in [0.717, 1.165) is 23.7 Å². The molecule has 0 aliphatic heterocycles. The van der Waals surface area contributed by atoms with Crippen molar-refractivity contribution in [1.29, 1.82) is 0 Å². The molecule has 0 amide bonds. The highest BCUT2D eigenvalue weighted by Gasteiger charge is 2.18. The van der Waals surface area contributed by atoms with Crippen molar-refractivity contribution in [3.8, 4) is 0 Å². The molecule has 0 N–H and O–H groups in total. The molecule has 4 unspecified atom stereocenters. The van der Waals surface area contributed by atoms with Crippen molar-refractivity contribution in [1.82, 2.24) is 0 Å². The molecular weight excluding hydrogens is 300 g/mol. The topological polar surface area (TPSA) is 0 Å². The van der Waals surface area contributed by atoms with Gasteiger partial charge in [0, 0.05) is 0 Å². The van der Waals surface area contributed by atoms with Gasteiger partial charge in [-0.2, -0.15) is 0 Å². The summed E-state index contributed by atoms with van der Waals surface area (Å²) in [4.78, 5) is 0. The van der Waals surface area contributed by atoms with Crippen molar-refractivity contribution >= 4 is 0 Å². The Morgan fingerprint density at radius 1 is 0.640 bits per heavy atom. The van der Waals surface area contributed by atoms with E-state index in [2.05, 4.69) is 48.1 Å². The van der Waals surface area contributed by atoms with Crippen LogP contribution in [0.15, 0.2) is 12.2 Å². The van der Waals surface area contributed by atoms with Gasteiger partial charge in [0.05, 0.1) is 0 Å². The lowest BCUT2D eigenvalue weighted by Crippen LogP contribution is -2.12. The van der Waals surface area contributed by atoms with Crippen LogP contribution >= 0.6 is 0 Å². The molecule has 0 aromatic carbocycles. The lowest BCUT2D eigenvalue weighted by Gasteiger charge is -2.26. The number of hydrogen-bond donors (Lipinski definition) is 0. The fraction of sp³-hybridized carbons (Fsp3) is 0.920. The minimum absolute atomic E-state index is 0.874. The Morgan fingerprint density at radius 2 is 1.08 bits per heavy atom. The second kappa shape index (κ2) is 16.0. The fourth-order valence-corrected chi connectivity index (χ4v) is 4.87. The molecule has 0 aromatic rings. The van der Waals surface area contributed by atoms with Gasteiger partial charge < -0.3 is 0 Å². The molecule has 150 valence electrons. The highest BCUT2D eigenvalue weighted by molar-refractivity contribution is 4.98. The molecule has 0 aliphatic carbocycles. The van der Waals surface area contributed by atoms with E-state index in [0.29, 0.717) is 0 Å². The molecule has 0 radical (unpaired) electrons. The Balaban J connectivity index is 4.57. The van der Waals surface area contributed by atoms with Crippen LogP contribution in [0.3, 0.4) is 0 Å². The monoisotopic (exact) mass is 350 g/mol. The van der Waals surface area contributed by atoms with Gasteiger partial charge in [-0.3, -0.25) is 0 Å². The summed E-state index contributed by atoms with van der Waals surface area (Å²) in [5.74, 6) is 3.57. The van der Waals surface area contributed by atoms with Gasteiger partial charge >= 0.3 is 0 Å². The summed E-state index contributed by atoms with van der Waals surface area (Å²) < 4.78 is 0. The number of rotatable bonds is 17. The average molecular weight is 351 g/mol. The maximum Gasteiger partial charge on any atom is -0.0294 e. The van der Waals surface area contributed by atoms with Crippen LogP contribution in [-0.2, 0) is 0 Å². The van der Waals surface area contributed by atoms with Gasteiger partial charge in [-0.05, 0) is 49.4 Å². The van der Waals surface area contributed by atoms with Crippen LogP contribution < -0.4 is 0 Å². The van der Waals surface area contributed by atoms with Crippen LogP contribution in [-0.4, -0.2) is 0 Å². The third-order valence-corrected chi connectivity index (χ3v) is 6.01. The van der Waals surface area contributed by atoms with E-state index in [1.807, 2.05) is 0 Å². The average Bonchev–Trinajstić information content (AvgIpc) is 2.54. The first-order chi connectivity index (χ1) is 12.0. The second-order valence-corrected chi connectivity index (χ2v) is 8.90. The molecule has 0 aromatic heterocycles. The second-order valence-electron chi connectivity index (χ2n) is 8.90. The van der Waals surface area contributed by atoms with Gasteiger partial charge in [-0.1, -0.05) is 111 Å². The van der Waals surface area contributed by atoms with E-state index in [-0.39, 0.29) is 0 Å². The molecule has 0 nitrogen and oxygen atoms in total. The molecule has 0 heterocycles. The van der Waals surface area contributed by atoms with E-state index >= 15 is 0 Å². The van der Waals surface area contributed by atoms with Gasteiger partial charge in [0.2, 0.25) is 0 Å². The molecule has 0 rings (SSSR count). The Kier molecular flexibility index (Phi) is 15.8. The van der Waals surface area contributed by atoms with E-state index in [4.69, 9.17) is 0 Å². The van der Waals surface area contributed by atoms with Crippen LogP contribution in [0.1, 0.15) is 125 Å². The molecule has 25 heavy (non-hydrogen) atoms. The standard InChI is InChI=1S/C25H50/c1-8-13-21(6)17-24(15-10-3)18-22(7)19-25(16-11-4)20-23(12-5)14-9-2/h21,23-25H,7-20H2,1-6H3. The lowest BCUT2D eigenvalue weighted by molar-refractivity contribution is 0.310. The fourth-order valence-electron chi connectivity index (χ4n) is 4.87. The molecule has 0 saturated carbocycles. The van der Waals surface area contributed by atoms with Gasteiger partial charge in [-0.15, -0.1) is 0 Å². The Morgan fingerprint density at radius 3 is 1.52 bits per heavy atom. The van der Waals surface area contributed by atoms with Gasteiger partial charge in [0.25, 0.3) is 0 Å². The van der Waals surface area contributed by atoms with Crippen LogP contribution in [0.4, 0.5) is 0 Å². The largest absolute Gasteiger partial charge is 0.0998 e. The maximum atomic E-state index is 4.53. The quantitative estimate of drug-likeness (QED) is 0.229. The summed E-state index contributed by atoms with van der Waals surface area (Å²) in [6.07, 6.45) is 17.7. The summed E-state index contributed by atoms with van der Waals surface area (Å²) in [5.41, 5.74) is 1.55. The first kappa shape index (κ1) is 24.7. The Hall–Kier alpha value is -0.260. The summed E-state index contributed by atoms with van der Waals surface area (Å²) in [7, 11) is 0. The predicted octanol–water partition coefficient (Wildman–Crippen LogP) is 9.20. The van der Waals surface area contributed by atoms with E-state index < -0.39 is 0 Å². The van der Waals surface area contributed by atoms with Crippen molar-refractivity contribution in [2.24, 2.45) is 23.7 Å². The molecule has 0 aliphatic rings. The smallest absolute Gasteiger partial charge is 0.0294 e. The first-order valence-corrected chi connectivity index (χ1v) is 11.7. The SMILES string of the molecule is C=C(CC(CCC)CC(C)CCC)CC(CCC)CC(CC)CCC. The predicted molar refractivity (Wildman–Crippen MR) is 117 cm³/mol. The maximum absolute atomic E-state index is 4.53. The van der Waals surface area contributed by atoms with Crippen LogP contribution in [0.5, 0.6) is 0 Å². The molecule has 0 saturated heterocycles. The van der Waals surface area contributed by atoms with Gasteiger partial charge in [0.15, 0.2) is 0 Å². The Labute approximate surface area is 161 Å². The van der Waals surface area contributed by atoms with E-state index in [1.54, 1.807) is 5.57 Å². The van der Waals surface area contributed by atoms with Crippen molar-refractivity contribution in [3.05, 3.63) is 12.2 Å². The minimum atomic E-state index is 0.874. The molecule has 0 fully saturated rings. The molecule has 0 bridgehead atoms. The summed E-state index contributed by atoms with van der Waals surface area (Å²) in [6, 6.07) is 0. The molecule has 0 spiro atoms. The minimum Gasteiger partial charge on any atom is -0.0998 e.